The zero-order valence-electron chi connectivity index (χ0n) is 41.3. The molecule has 362 valence electrons. The number of unbranched alkanes of at least 4 members (excludes halogenated alkanes) is 24. The van der Waals surface area contributed by atoms with Gasteiger partial charge < -0.3 is 14.2 Å². The van der Waals surface area contributed by atoms with Gasteiger partial charge in [-0.3, -0.25) is 14.4 Å². The molecule has 0 aromatic carbocycles. The maximum Gasteiger partial charge on any atom is 0.306 e. The first-order valence-corrected chi connectivity index (χ1v) is 26.4. The van der Waals surface area contributed by atoms with Crippen molar-refractivity contribution in [2.24, 2.45) is 0 Å². The van der Waals surface area contributed by atoms with Crippen LogP contribution in [0.2, 0.25) is 0 Å². The molecule has 0 fully saturated rings. The minimum Gasteiger partial charge on any atom is -0.462 e. The zero-order valence-corrected chi connectivity index (χ0v) is 41.3. The predicted octanol–water partition coefficient (Wildman–Crippen LogP) is 17.4. The van der Waals surface area contributed by atoms with Gasteiger partial charge in [-0.05, 0) is 83.5 Å². The number of ether oxygens (including phenoxy) is 3. The summed E-state index contributed by atoms with van der Waals surface area (Å²) in [5.74, 6) is -0.962. The Morgan fingerprint density at radius 1 is 0.333 bits per heavy atom. The van der Waals surface area contributed by atoms with Crippen LogP contribution in [0.1, 0.15) is 252 Å². The van der Waals surface area contributed by atoms with Crippen molar-refractivity contribution in [1.29, 1.82) is 0 Å². The zero-order chi connectivity index (χ0) is 45.8. The average molecular weight is 879 g/mol. The third-order valence-corrected chi connectivity index (χ3v) is 11.2. The molecule has 1 atom stereocenters. The Labute approximate surface area is 389 Å². The lowest BCUT2D eigenvalue weighted by molar-refractivity contribution is -0.167. The molecule has 0 saturated carbocycles. The van der Waals surface area contributed by atoms with E-state index in [1.54, 1.807) is 0 Å². The summed E-state index contributed by atoms with van der Waals surface area (Å²) in [4.78, 5) is 38.0. The van der Waals surface area contributed by atoms with E-state index >= 15 is 0 Å². The van der Waals surface area contributed by atoms with Crippen LogP contribution in [0.15, 0.2) is 72.9 Å². The summed E-state index contributed by atoms with van der Waals surface area (Å²) in [6.45, 7) is 6.47. The van der Waals surface area contributed by atoms with Crippen LogP contribution < -0.4 is 0 Å². The molecule has 0 rings (SSSR count). The van der Waals surface area contributed by atoms with Crippen molar-refractivity contribution in [3.05, 3.63) is 72.9 Å². The molecule has 0 amide bonds. The van der Waals surface area contributed by atoms with E-state index in [1.807, 2.05) is 0 Å². The smallest absolute Gasteiger partial charge is 0.306 e. The Balaban J connectivity index is 4.48. The first kappa shape index (κ1) is 59.9. The molecule has 0 spiro atoms. The van der Waals surface area contributed by atoms with Crippen molar-refractivity contribution in [3.63, 3.8) is 0 Å². The summed E-state index contributed by atoms with van der Waals surface area (Å²) in [6.07, 6.45) is 64.6. The average Bonchev–Trinajstić information content (AvgIpc) is 3.28. The summed E-state index contributed by atoms with van der Waals surface area (Å²) < 4.78 is 16.8. The van der Waals surface area contributed by atoms with Crippen LogP contribution in [-0.2, 0) is 28.6 Å². The maximum absolute atomic E-state index is 12.8. The van der Waals surface area contributed by atoms with Crippen LogP contribution >= 0.6 is 0 Å². The molecule has 63 heavy (non-hydrogen) atoms. The standard InChI is InChI=1S/C57H98O6/c1-4-7-10-13-16-19-22-25-27-28-30-33-36-39-42-45-48-51-57(60)63-54(52-61-55(58)49-46-43-40-37-34-31-24-21-18-15-12-9-6-3)53-62-56(59)50-47-44-41-38-35-32-29-26-23-20-17-14-11-8-5-2/h7,10,16,19,25-27,29-30,33,39,42,54H,4-6,8-9,11-15,17-18,20-24,28,31-32,34-38,40-41,43-53H2,1-3H3/b10-7-,19-16-,27-25-,29-26-,33-30-,42-39-/t54-/m0/s1. The summed E-state index contributed by atoms with van der Waals surface area (Å²) in [7, 11) is 0. The van der Waals surface area contributed by atoms with Crippen molar-refractivity contribution in [2.75, 3.05) is 13.2 Å². The Hall–Kier alpha value is -3.15. The second kappa shape index (κ2) is 51.5. The van der Waals surface area contributed by atoms with Gasteiger partial charge >= 0.3 is 17.9 Å². The van der Waals surface area contributed by atoms with E-state index in [0.717, 1.165) is 83.5 Å². The summed E-state index contributed by atoms with van der Waals surface area (Å²) >= 11 is 0. The first-order chi connectivity index (χ1) is 31.0. The molecule has 0 radical (unpaired) electrons. The van der Waals surface area contributed by atoms with Gasteiger partial charge in [0.05, 0.1) is 0 Å². The van der Waals surface area contributed by atoms with Crippen LogP contribution in [-0.4, -0.2) is 37.2 Å². The van der Waals surface area contributed by atoms with Crippen molar-refractivity contribution in [1.82, 2.24) is 0 Å². The van der Waals surface area contributed by atoms with Gasteiger partial charge in [0.15, 0.2) is 6.10 Å². The van der Waals surface area contributed by atoms with E-state index in [0.29, 0.717) is 19.3 Å². The third-order valence-electron chi connectivity index (χ3n) is 11.2. The highest BCUT2D eigenvalue weighted by Crippen LogP contribution is 2.15. The topological polar surface area (TPSA) is 78.9 Å². The fourth-order valence-corrected chi connectivity index (χ4v) is 7.24. The normalized spacial score (nSPS) is 12.6. The minimum absolute atomic E-state index is 0.0987. The number of hydrogen-bond donors (Lipinski definition) is 0. The van der Waals surface area contributed by atoms with Crippen molar-refractivity contribution < 1.29 is 28.6 Å². The van der Waals surface area contributed by atoms with Crippen LogP contribution in [0.4, 0.5) is 0 Å². The quantitative estimate of drug-likeness (QED) is 0.0262. The third kappa shape index (κ3) is 49.7. The molecule has 0 aliphatic rings. The van der Waals surface area contributed by atoms with E-state index in [4.69, 9.17) is 14.2 Å². The molecule has 0 aromatic rings. The Kier molecular flexibility index (Phi) is 48.9. The molecular weight excluding hydrogens is 781 g/mol. The monoisotopic (exact) mass is 879 g/mol. The van der Waals surface area contributed by atoms with Crippen LogP contribution in [0.5, 0.6) is 0 Å². The van der Waals surface area contributed by atoms with E-state index in [1.165, 1.54) is 122 Å². The van der Waals surface area contributed by atoms with Gasteiger partial charge in [0.1, 0.15) is 13.2 Å². The summed E-state index contributed by atoms with van der Waals surface area (Å²) in [5.41, 5.74) is 0. The number of esters is 3. The molecule has 0 aliphatic heterocycles. The molecule has 0 unspecified atom stereocenters. The molecule has 0 aromatic heterocycles. The number of carbonyl (C=O) groups is 3. The van der Waals surface area contributed by atoms with Gasteiger partial charge in [0.25, 0.3) is 0 Å². The van der Waals surface area contributed by atoms with E-state index in [-0.39, 0.29) is 37.5 Å². The molecule has 0 bridgehead atoms. The number of rotatable bonds is 47. The number of hydrogen-bond acceptors (Lipinski definition) is 6. The largest absolute Gasteiger partial charge is 0.462 e. The minimum atomic E-state index is -0.806. The van der Waals surface area contributed by atoms with Crippen molar-refractivity contribution in [2.45, 2.75) is 258 Å². The number of carbonyl (C=O) groups excluding carboxylic acids is 3. The van der Waals surface area contributed by atoms with Gasteiger partial charge in [-0.1, -0.05) is 222 Å². The lowest BCUT2D eigenvalue weighted by Crippen LogP contribution is -2.30. The first-order valence-electron chi connectivity index (χ1n) is 26.4. The van der Waals surface area contributed by atoms with Gasteiger partial charge in [0, 0.05) is 19.3 Å². The highest BCUT2D eigenvalue weighted by Gasteiger charge is 2.19. The molecule has 6 heteroatoms. The second-order valence-corrected chi connectivity index (χ2v) is 17.4. The van der Waals surface area contributed by atoms with Crippen molar-refractivity contribution >= 4 is 17.9 Å². The molecule has 6 nitrogen and oxygen atoms in total. The van der Waals surface area contributed by atoms with Gasteiger partial charge in [-0.2, -0.15) is 0 Å². The van der Waals surface area contributed by atoms with E-state index < -0.39 is 6.10 Å². The molecule has 0 heterocycles. The summed E-state index contributed by atoms with van der Waals surface area (Å²) in [5, 5.41) is 0. The highest BCUT2D eigenvalue weighted by molar-refractivity contribution is 5.71. The second-order valence-electron chi connectivity index (χ2n) is 17.4. The fraction of sp³-hybridized carbons (Fsp3) is 0.737. The molecule has 0 aliphatic carbocycles. The predicted molar refractivity (Wildman–Crippen MR) is 270 cm³/mol. The van der Waals surface area contributed by atoms with Gasteiger partial charge in [-0.15, -0.1) is 0 Å². The van der Waals surface area contributed by atoms with Crippen LogP contribution in [0.3, 0.4) is 0 Å². The fourth-order valence-electron chi connectivity index (χ4n) is 7.24. The molecule has 0 N–H and O–H groups in total. The Bertz CT molecular complexity index is 1190. The Morgan fingerprint density at radius 2 is 0.635 bits per heavy atom. The van der Waals surface area contributed by atoms with Gasteiger partial charge in [0.2, 0.25) is 0 Å². The lowest BCUT2D eigenvalue weighted by Gasteiger charge is -2.18. The van der Waals surface area contributed by atoms with Crippen molar-refractivity contribution in [3.8, 4) is 0 Å². The molecular formula is C57H98O6. The van der Waals surface area contributed by atoms with Crippen LogP contribution in [0.25, 0.3) is 0 Å². The SMILES string of the molecule is CC/C=C\C/C=C\C/C=C\C/C=C\C/C=C\CCCC(=O)O[C@H](COC(=O)CCCCCCC/C=C\CCCCCCCC)COC(=O)CCCCCCCCCCCCCCC. The highest BCUT2D eigenvalue weighted by atomic mass is 16.6. The van der Waals surface area contributed by atoms with E-state index in [2.05, 4.69) is 93.7 Å². The molecule has 0 saturated heterocycles. The number of allylic oxidation sites excluding steroid dienone is 12. The Morgan fingerprint density at radius 3 is 1.03 bits per heavy atom. The van der Waals surface area contributed by atoms with Gasteiger partial charge in [-0.25, -0.2) is 0 Å². The van der Waals surface area contributed by atoms with Crippen LogP contribution in [0, 0.1) is 0 Å². The lowest BCUT2D eigenvalue weighted by atomic mass is 10.0. The summed E-state index contributed by atoms with van der Waals surface area (Å²) in [6, 6.07) is 0. The maximum atomic E-state index is 12.8. The van der Waals surface area contributed by atoms with E-state index in [9.17, 15) is 14.4 Å².